The number of aliphatic hydroxyl groups is 1. The van der Waals surface area contributed by atoms with Crippen LogP contribution in [0.25, 0.3) is 0 Å². The highest BCUT2D eigenvalue weighted by Gasteiger charge is 2.24. The lowest BCUT2D eigenvalue weighted by Gasteiger charge is -2.33. The topological polar surface area (TPSA) is 35.5 Å². The van der Waals surface area contributed by atoms with Crippen LogP contribution in [0.1, 0.15) is 23.6 Å². The summed E-state index contributed by atoms with van der Waals surface area (Å²) in [5.41, 5.74) is 5.19. The van der Waals surface area contributed by atoms with E-state index in [4.69, 9.17) is 0 Å². The summed E-state index contributed by atoms with van der Waals surface area (Å²) in [6, 6.07) is 4.85. The molecule has 0 spiro atoms. The standard InChI is InChI=1S/C15H24N2O/c1-10-5-11(2)15(12(3)6-10)17-9-14(18)8-16-7-13(17)4/h5-6,13-14,16,18H,7-9H2,1-4H3. The van der Waals surface area contributed by atoms with Crippen molar-refractivity contribution in [3.8, 4) is 0 Å². The minimum absolute atomic E-state index is 0.296. The third-order valence-electron chi connectivity index (χ3n) is 3.68. The first-order valence-corrected chi connectivity index (χ1v) is 6.72. The highest BCUT2D eigenvalue weighted by atomic mass is 16.3. The summed E-state index contributed by atoms with van der Waals surface area (Å²) in [7, 11) is 0. The Balaban J connectivity index is 2.39. The molecule has 1 heterocycles. The van der Waals surface area contributed by atoms with Gasteiger partial charge in [0.2, 0.25) is 0 Å². The second-order valence-electron chi connectivity index (χ2n) is 5.56. The van der Waals surface area contributed by atoms with Gasteiger partial charge in [-0.15, -0.1) is 0 Å². The second kappa shape index (κ2) is 5.29. The molecule has 2 rings (SSSR count). The number of nitrogens with one attached hydrogen (secondary N) is 1. The molecular formula is C15H24N2O. The molecule has 0 saturated carbocycles. The SMILES string of the molecule is Cc1cc(C)c(N2CC(O)CNCC2C)c(C)c1. The van der Waals surface area contributed by atoms with Crippen LogP contribution in [0.15, 0.2) is 12.1 Å². The average Bonchev–Trinajstić information content (AvgIpc) is 2.40. The van der Waals surface area contributed by atoms with Crippen LogP contribution in [0.4, 0.5) is 5.69 Å². The summed E-state index contributed by atoms with van der Waals surface area (Å²) in [6.45, 7) is 11.0. The average molecular weight is 248 g/mol. The van der Waals surface area contributed by atoms with Crippen molar-refractivity contribution in [3.63, 3.8) is 0 Å². The molecule has 1 aliphatic heterocycles. The van der Waals surface area contributed by atoms with Crippen molar-refractivity contribution in [2.24, 2.45) is 0 Å². The van der Waals surface area contributed by atoms with Crippen molar-refractivity contribution in [1.82, 2.24) is 5.32 Å². The van der Waals surface area contributed by atoms with E-state index >= 15 is 0 Å². The normalized spacial score (nSPS) is 25.1. The highest BCUT2D eigenvalue weighted by molar-refractivity contribution is 5.61. The van der Waals surface area contributed by atoms with Gasteiger partial charge in [0.1, 0.15) is 0 Å². The molecule has 3 nitrogen and oxygen atoms in total. The Kier molecular flexibility index (Phi) is 3.93. The van der Waals surface area contributed by atoms with Gasteiger partial charge in [0.15, 0.2) is 0 Å². The molecule has 1 aliphatic rings. The maximum Gasteiger partial charge on any atom is 0.0839 e. The fraction of sp³-hybridized carbons (Fsp3) is 0.600. The first-order chi connectivity index (χ1) is 8.49. The van der Waals surface area contributed by atoms with Gasteiger partial charge in [-0.2, -0.15) is 0 Å². The second-order valence-corrected chi connectivity index (χ2v) is 5.56. The lowest BCUT2D eigenvalue weighted by Crippen LogP contribution is -2.40. The van der Waals surface area contributed by atoms with E-state index in [0.29, 0.717) is 19.1 Å². The number of aliphatic hydroxyl groups excluding tert-OH is 1. The quantitative estimate of drug-likeness (QED) is 0.795. The number of benzene rings is 1. The fourth-order valence-corrected chi connectivity index (χ4v) is 2.98. The first kappa shape index (κ1) is 13.4. The Morgan fingerprint density at radius 2 is 1.78 bits per heavy atom. The van der Waals surface area contributed by atoms with Crippen LogP contribution in [0.2, 0.25) is 0 Å². The van der Waals surface area contributed by atoms with Crippen LogP contribution in [-0.2, 0) is 0 Å². The van der Waals surface area contributed by atoms with E-state index in [9.17, 15) is 5.11 Å². The molecule has 0 radical (unpaired) electrons. The summed E-state index contributed by atoms with van der Waals surface area (Å²) in [6.07, 6.45) is -0.296. The fourth-order valence-electron chi connectivity index (χ4n) is 2.98. The van der Waals surface area contributed by atoms with Gasteiger partial charge in [0, 0.05) is 31.4 Å². The van der Waals surface area contributed by atoms with Gasteiger partial charge in [0.25, 0.3) is 0 Å². The van der Waals surface area contributed by atoms with Gasteiger partial charge in [-0.3, -0.25) is 0 Å². The lowest BCUT2D eigenvalue weighted by molar-refractivity contribution is 0.184. The molecular weight excluding hydrogens is 224 g/mol. The third-order valence-corrected chi connectivity index (χ3v) is 3.68. The Labute approximate surface area is 110 Å². The van der Waals surface area contributed by atoms with E-state index in [1.165, 1.54) is 22.4 Å². The maximum absolute atomic E-state index is 9.97. The summed E-state index contributed by atoms with van der Waals surface area (Å²) in [4.78, 5) is 2.34. The number of rotatable bonds is 1. The molecule has 3 heteroatoms. The van der Waals surface area contributed by atoms with Crippen LogP contribution in [0.5, 0.6) is 0 Å². The molecule has 0 aliphatic carbocycles. The summed E-state index contributed by atoms with van der Waals surface area (Å²) in [5, 5.41) is 13.3. The molecule has 2 unspecified atom stereocenters. The summed E-state index contributed by atoms with van der Waals surface area (Å²) >= 11 is 0. The zero-order valence-corrected chi connectivity index (χ0v) is 11.8. The number of hydrogen-bond acceptors (Lipinski definition) is 3. The predicted octanol–water partition coefficient (Wildman–Crippen LogP) is 1.77. The zero-order chi connectivity index (χ0) is 13.3. The largest absolute Gasteiger partial charge is 0.390 e. The van der Waals surface area contributed by atoms with Crippen molar-refractivity contribution < 1.29 is 5.11 Å². The van der Waals surface area contributed by atoms with Gasteiger partial charge in [-0.25, -0.2) is 0 Å². The van der Waals surface area contributed by atoms with Crippen molar-refractivity contribution in [2.45, 2.75) is 39.8 Å². The lowest BCUT2D eigenvalue weighted by atomic mass is 10.0. The molecule has 2 atom stereocenters. The van der Waals surface area contributed by atoms with E-state index in [1.807, 2.05) is 0 Å². The molecule has 2 N–H and O–H groups in total. The van der Waals surface area contributed by atoms with E-state index in [-0.39, 0.29) is 6.10 Å². The van der Waals surface area contributed by atoms with Crippen molar-refractivity contribution in [3.05, 3.63) is 28.8 Å². The molecule has 1 aromatic rings. The molecule has 0 aromatic heterocycles. The molecule has 100 valence electrons. The van der Waals surface area contributed by atoms with Crippen LogP contribution in [0.3, 0.4) is 0 Å². The van der Waals surface area contributed by atoms with Crippen LogP contribution < -0.4 is 10.2 Å². The Morgan fingerprint density at radius 1 is 1.17 bits per heavy atom. The van der Waals surface area contributed by atoms with Crippen LogP contribution >= 0.6 is 0 Å². The summed E-state index contributed by atoms with van der Waals surface area (Å²) < 4.78 is 0. The predicted molar refractivity (Wildman–Crippen MR) is 76.3 cm³/mol. The summed E-state index contributed by atoms with van der Waals surface area (Å²) in [5.74, 6) is 0. The van der Waals surface area contributed by atoms with Gasteiger partial charge in [-0.1, -0.05) is 17.7 Å². The monoisotopic (exact) mass is 248 g/mol. The van der Waals surface area contributed by atoms with Gasteiger partial charge >= 0.3 is 0 Å². The van der Waals surface area contributed by atoms with Crippen molar-refractivity contribution in [2.75, 3.05) is 24.5 Å². The van der Waals surface area contributed by atoms with E-state index in [1.54, 1.807) is 0 Å². The van der Waals surface area contributed by atoms with Gasteiger partial charge in [0.05, 0.1) is 6.10 Å². The number of β-amino-alcohol motifs (C(OH)–C–C–N with tert-alkyl or cyclic N) is 1. The Morgan fingerprint density at radius 3 is 2.39 bits per heavy atom. The molecule has 18 heavy (non-hydrogen) atoms. The minimum atomic E-state index is -0.296. The maximum atomic E-state index is 9.97. The Hall–Kier alpha value is -1.06. The molecule has 0 amide bonds. The molecule has 1 fully saturated rings. The van der Waals surface area contributed by atoms with Gasteiger partial charge in [-0.05, 0) is 38.8 Å². The van der Waals surface area contributed by atoms with E-state index in [0.717, 1.165) is 6.54 Å². The van der Waals surface area contributed by atoms with Crippen molar-refractivity contribution >= 4 is 5.69 Å². The molecule has 0 bridgehead atoms. The number of anilines is 1. The van der Waals surface area contributed by atoms with E-state index in [2.05, 4.69) is 50.0 Å². The minimum Gasteiger partial charge on any atom is -0.390 e. The Bertz CT molecular complexity index is 407. The molecule has 1 saturated heterocycles. The highest BCUT2D eigenvalue weighted by Crippen LogP contribution is 2.28. The number of aryl methyl sites for hydroxylation is 3. The van der Waals surface area contributed by atoms with Gasteiger partial charge < -0.3 is 15.3 Å². The first-order valence-electron chi connectivity index (χ1n) is 6.72. The smallest absolute Gasteiger partial charge is 0.0839 e. The number of nitrogens with zero attached hydrogens (tertiary/aromatic N) is 1. The van der Waals surface area contributed by atoms with E-state index < -0.39 is 0 Å². The van der Waals surface area contributed by atoms with Crippen LogP contribution in [-0.4, -0.2) is 36.9 Å². The third kappa shape index (κ3) is 2.68. The van der Waals surface area contributed by atoms with Crippen molar-refractivity contribution in [1.29, 1.82) is 0 Å². The number of hydrogen-bond donors (Lipinski definition) is 2. The van der Waals surface area contributed by atoms with Crippen LogP contribution in [0, 0.1) is 20.8 Å². The molecule has 1 aromatic carbocycles. The zero-order valence-electron chi connectivity index (χ0n) is 11.8.